The van der Waals surface area contributed by atoms with E-state index in [0.29, 0.717) is 5.69 Å². The normalized spacial score (nSPS) is 11.8. The summed E-state index contributed by atoms with van der Waals surface area (Å²) in [4.78, 5) is 0. The summed E-state index contributed by atoms with van der Waals surface area (Å²) in [5, 5.41) is 4.03. The molecule has 0 radical (unpaired) electrons. The molecule has 0 bridgehead atoms. The van der Waals surface area contributed by atoms with Crippen LogP contribution >= 0.6 is 11.6 Å². The minimum atomic E-state index is -4.44. The summed E-state index contributed by atoms with van der Waals surface area (Å²) in [6.07, 6.45) is -2.91. The van der Waals surface area contributed by atoms with Gasteiger partial charge in [0.15, 0.2) is 0 Å². The number of nitrogens with two attached hydrogens (primary N) is 1. The quantitative estimate of drug-likeness (QED) is 0.916. The third-order valence-corrected chi connectivity index (χ3v) is 2.55. The van der Waals surface area contributed by atoms with Gasteiger partial charge in [-0.15, -0.1) is 0 Å². The Labute approximate surface area is 106 Å². The van der Waals surface area contributed by atoms with Crippen molar-refractivity contribution < 1.29 is 13.2 Å². The van der Waals surface area contributed by atoms with Crippen molar-refractivity contribution in [2.45, 2.75) is 12.7 Å². The Morgan fingerprint density at radius 3 is 2.56 bits per heavy atom. The van der Waals surface area contributed by atoms with Gasteiger partial charge in [-0.3, -0.25) is 0 Å². The van der Waals surface area contributed by atoms with E-state index in [1.807, 2.05) is 0 Å². The van der Waals surface area contributed by atoms with Crippen LogP contribution in [0.15, 0.2) is 30.5 Å². The summed E-state index contributed by atoms with van der Waals surface area (Å²) in [5.41, 5.74) is 5.41. The molecule has 0 saturated carbocycles. The van der Waals surface area contributed by atoms with Crippen LogP contribution in [0.3, 0.4) is 0 Å². The summed E-state index contributed by atoms with van der Waals surface area (Å²) in [6.45, 7) is 0.222. The largest absolute Gasteiger partial charge is 0.416 e. The smallest absolute Gasteiger partial charge is 0.325 e. The lowest BCUT2D eigenvalue weighted by Crippen LogP contribution is -2.07. The van der Waals surface area contributed by atoms with Gasteiger partial charge in [-0.2, -0.15) is 18.3 Å². The van der Waals surface area contributed by atoms with Crippen molar-refractivity contribution in [3.8, 4) is 5.69 Å². The van der Waals surface area contributed by atoms with Crippen LogP contribution < -0.4 is 5.73 Å². The number of halogens is 4. The van der Waals surface area contributed by atoms with Gasteiger partial charge in [-0.1, -0.05) is 11.6 Å². The molecule has 0 amide bonds. The van der Waals surface area contributed by atoms with E-state index in [0.717, 1.165) is 12.1 Å². The zero-order chi connectivity index (χ0) is 13.3. The molecule has 1 aromatic heterocycles. The van der Waals surface area contributed by atoms with Crippen LogP contribution in [0.4, 0.5) is 13.2 Å². The number of nitrogens with zero attached hydrogens (tertiary/aromatic N) is 2. The summed E-state index contributed by atoms with van der Waals surface area (Å²) in [7, 11) is 0. The second-order valence-electron chi connectivity index (χ2n) is 3.65. The first-order valence-electron chi connectivity index (χ1n) is 5.03. The highest BCUT2D eigenvalue weighted by molar-refractivity contribution is 6.30. The number of benzene rings is 1. The van der Waals surface area contributed by atoms with Crippen molar-refractivity contribution in [3.63, 3.8) is 0 Å². The summed E-state index contributed by atoms with van der Waals surface area (Å²) in [6, 6.07) is 4.90. The minimum Gasteiger partial charge on any atom is -0.325 e. The van der Waals surface area contributed by atoms with Gasteiger partial charge >= 0.3 is 6.18 Å². The standard InChI is InChI=1S/C11H9ClF3N3/c12-8-3-7(11(13,14)15)4-10(5-8)18-2-1-9(6-16)17-18/h1-5H,6,16H2. The average molecular weight is 276 g/mol. The Morgan fingerprint density at radius 2 is 2.00 bits per heavy atom. The Balaban J connectivity index is 2.48. The van der Waals surface area contributed by atoms with Gasteiger partial charge in [0.2, 0.25) is 0 Å². The Bertz CT molecular complexity index is 563. The molecule has 0 saturated heterocycles. The lowest BCUT2D eigenvalue weighted by Gasteiger charge is -2.09. The Hall–Kier alpha value is -1.53. The molecule has 18 heavy (non-hydrogen) atoms. The Kier molecular flexibility index (Phi) is 3.32. The van der Waals surface area contributed by atoms with Crippen LogP contribution in [-0.4, -0.2) is 9.78 Å². The van der Waals surface area contributed by atoms with Gasteiger partial charge < -0.3 is 5.73 Å². The van der Waals surface area contributed by atoms with E-state index in [-0.39, 0.29) is 17.3 Å². The lowest BCUT2D eigenvalue weighted by molar-refractivity contribution is -0.137. The maximum Gasteiger partial charge on any atom is 0.416 e. The molecule has 7 heteroatoms. The van der Waals surface area contributed by atoms with Gasteiger partial charge in [0, 0.05) is 17.8 Å². The van der Waals surface area contributed by atoms with Crippen molar-refractivity contribution in [1.82, 2.24) is 9.78 Å². The first-order valence-corrected chi connectivity index (χ1v) is 5.41. The molecular formula is C11H9ClF3N3. The molecule has 0 atom stereocenters. The van der Waals surface area contributed by atoms with Gasteiger partial charge in [0.1, 0.15) is 0 Å². The number of hydrogen-bond acceptors (Lipinski definition) is 2. The van der Waals surface area contributed by atoms with E-state index in [2.05, 4.69) is 5.10 Å². The topological polar surface area (TPSA) is 43.8 Å². The Morgan fingerprint density at radius 1 is 1.28 bits per heavy atom. The zero-order valence-electron chi connectivity index (χ0n) is 9.08. The highest BCUT2D eigenvalue weighted by Gasteiger charge is 2.31. The highest BCUT2D eigenvalue weighted by atomic mass is 35.5. The zero-order valence-corrected chi connectivity index (χ0v) is 9.83. The van der Waals surface area contributed by atoms with E-state index >= 15 is 0 Å². The van der Waals surface area contributed by atoms with Crippen molar-refractivity contribution in [2.24, 2.45) is 5.73 Å². The van der Waals surface area contributed by atoms with E-state index in [9.17, 15) is 13.2 Å². The molecule has 2 aromatic rings. The predicted octanol–water partition coefficient (Wildman–Crippen LogP) is 3.00. The molecule has 3 nitrogen and oxygen atoms in total. The molecule has 0 aliphatic rings. The van der Waals surface area contributed by atoms with Gasteiger partial charge in [-0.25, -0.2) is 4.68 Å². The number of aromatic nitrogens is 2. The molecule has 0 aliphatic carbocycles. The molecular weight excluding hydrogens is 267 g/mol. The van der Waals surface area contributed by atoms with Crippen LogP contribution in [0, 0.1) is 0 Å². The second-order valence-corrected chi connectivity index (χ2v) is 4.09. The van der Waals surface area contributed by atoms with Gasteiger partial charge in [0.05, 0.1) is 16.9 Å². The van der Waals surface area contributed by atoms with Crippen molar-refractivity contribution in [2.75, 3.05) is 0 Å². The highest BCUT2D eigenvalue weighted by Crippen LogP contribution is 2.32. The summed E-state index contributed by atoms with van der Waals surface area (Å²) < 4.78 is 39.2. The number of rotatable bonds is 2. The van der Waals surface area contributed by atoms with Crippen LogP contribution in [-0.2, 0) is 12.7 Å². The average Bonchev–Trinajstić information content (AvgIpc) is 2.75. The molecule has 96 valence electrons. The maximum atomic E-state index is 12.6. The predicted molar refractivity (Wildman–Crippen MR) is 61.5 cm³/mol. The van der Waals surface area contributed by atoms with Crippen molar-refractivity contribution >= 4 is 11.6 Å². The van der Waals surface area contributed by atoms with Crippen LogP contribution in [0.1, 0.15) is 11.3 Å². The number of alkyl halides is 3. The first-order chi connectivity index (χ1) is 8.40. The van der Waals surface area contributed by atoms with Crippen LogP contribution in [0.2, 0.25) is 5.02 Å². The van der Waals surface area contributed by atoms with E-state index < -0.39 is 11.7 Å². The van der Waals surface area contributed by atoms with Crippen LogP contribution in [0.5, 0.6) is 0 Å². The maximum absolute atomic E-state index is 12.6. The minimum absolute atomic E-state index is 0.00428. The summed E-state index contributed by atoms with van der Waals surface area (Å²) in [5.74, 6) is 0. The van der Waals surface area contributed by atoms with Gasteiger partial charge in [-0.05, 0) is 24.3 Å². The van der Waals surface area contributed by atoms with Crippen molar-refractivity contribution in [1.29, 1.82) is 0 Å². The fourth-order valence-corrected chi connectivity index (χ4v) is 1.71. The fourth-order valence-electron chi connectivity index (χ4n) is 1.48. The van der Waals surface area contributed by atoms with Crippen molar-refractivity contribution in [3.05, 3.63) is 46.7 Å². The third-order valence-electron chi connectivity index (χ3n) is 2.33. The number of hydrogen-bond donors (Lipinski definition) is 1. The summed E-state index contributed by atoms with van der Waals surface area (Å²) >= 11 is 5.68. The second kappa shape index (κ2) is 4.62. The molecule has 0 spiro atoms. The monoisotopic (exact) mass is 275 g/mol. The van der Waals surface area contributed by atoms with E-state index in [1.165, 1.54) is 16.9 Å². The van der Waals surface area contributed by atoms with E-state index in [1.54, 1.807) is 6.07 Å². The lowest BCUT2D eigenvalue weighted by atomic mass is 10.2. The SMILES string of the molecule is NCc1ccn(-c2cc(Cl)cc(C(F)(F)F)c2)n1. The molecule has 0 fully saturated rings. The molecule has 2 rings (SSSR count). The van der Waals surface area contributed by atoms with E-state index in [4.69, 9.17) is 17.3 Å². The van der Waals surface area contributed by atoms with Gasteiger partial charge in [0.25, 0.3) is 0 Å². The fraction of sp³-hybridized carbons (Fsp3) is 0.182. The molecule has 0 unspecified atom stereocenters. The van der Waals surface area contributed by atoms with Crippen LogP contribution in [0.25, 0.3) is 5.69 Å². The molecule has 1 aromatic carbocycles. The molecule has 0 aliphatic heterocycles. The first kappa shape index (κ1) is 12.9. The molecule has 1 heterocycles. The molecule has 2 N–H and O–H groups in total. The third kappa shape index (κ3) is 2.65.